The van der Waals surface area contributed by atoms with Gasteiger partial charge in [-0.25, -0.2) is 4.98 Å². The van der Waals surface area contributed by atoms with Crippen molar-refractivity contribution in [3.63, 3.8) is 0 Å². The first-order valence-corrected chi connectivity index (χ1v) is 8.53. The average Bonchev–Trinajstić information content (AvgIpc) is 2.83. The van der Waals surface area contributed by atoms with Crippen LogP contribution in [-0.2, 0) is 12.3 Å². The Balaban J connectivity index is 2.18. The fourth-order valence-corrected chi connectivity index (χ4v) is 3.30. The van der Waals surface area contributed by atoms with Gasteiger partial charge in [-0.05, 0) is 14.1 Å². The quantitative estimate of drug-likeness (QED) is 0.304. The van der Waals surface area contributed by atoms with Crippen molar-refractivity contribution < 1.29 is 5.21 Å². The summed E-state index contributed by atoms with van der Waals surface area (Å²) in [6.07, 6.45) is 0. The smallest absolute Gasteiger partial charge is 0.112 e. The molecule has 0 aliphatic heterocycles. The lowest BCUT2D eigenvalue weighted by molar-refractivity contribution is -0.0252. The van der Waals surface area contributed by atoms with E-state index in [1.165, 1.54) is 0 Å². The van der Waals surface area contributed by atoms with E-state index in [0.717, 1.165) is 28.8 Å². The van der Waals surface area contributed by atoms with E-state index in [-0.39, 0.29) is 11.8 Å². The minimum absolute atomic E-state index is 0.135. The van der Waals surface area contributed by atoms with E-state index in [4.69, 9.17) is 5.21 Å². The molecule has 1 aromatic rings. The molecule has 0 saturated carbocycles. The van der Waals surface area contributed by atoms with Crippen LogP contribution in [0.1, 0.15) is 10.7 Å². The molecule has 0 unspecified atom stereocenters. The van der Waals surface area contributed by atoms with Crippen LogP contribution in [0, 0.1) is 5.21 Å². The molecule has 2 N–H and O–H groups in total. The molecule has 0 aliphatic carbocycles. The molecule has 0 radical (unpaired) electrons. The number of nitrogens with zero attached hydrogens (tertiary/aromatic N) is 4. The first-order chi connectivity index (χ1) is 10.0. The van der Waals surface area contributed by atoms with Gasteiger partial charge in [0.05, 0.1) is 12.2 Å². The number of hydroxylamine groups is 2. The van der Waals surface area contributed by atoms with E-state index in [1.54, 1.807) is 30.1 Å². The Morgan fingerprint density at radius 3 is 2.95 bits per heavy atom. The first-order valence-electron chi connectivity index (χ1n) is 6.50. The topological polar surface area (TPSA) is 87.0 Å². The Hall–Kier alpha value is -0.710. The van der Waals surface area contributed by atoms with Gasteiger partial charge in [-0.15, -0.1) is 11.3 Å². The summed E-state index contributed by atoms with van der Waals surface area (Å²) in [4.78, 5) is 10.6. The third-order valence-corrected chi connectivity index (χ3v) is 4.31. The van der Waals surface area contributed by atoms with Crippen LogP contribution in [0.15, 0.2) is 10.4 Å². The van der Waals surface area contributed by atoms with Gasteiger partial charge in [-0.1, -0.05) is 0 Å². The van der Waals surface area contributed by atoms with Crippen LogP contribution < -0.4 is 5.32 Å². The van der Waals surface area contributed by atoms with Crippen molar-refractivity contribution in [2.45, 2.75) is 12.3 Å². The van der Waals surface area contributed by atoms with Gasteiger partial charge < -0.3 is 20.6 Å². The highest BCUT2D eigenvalue weighted by Crippen LogP contribution is 2.16. The molecular weight excluding hydrogens is 310 g/mol. The number of rotatable bonds is 9. The lowest BCUT2D eigenvalue weighted by atomic mass is 10.5. The van der Waals surface area contributed by atoms with Crippen molar-refractivity contribution in [3.8, 4) is 0 Å². The Morgan fingerprint density at radius 1 is 1.57 bits per heavy atom. The second-order valence-corrected chi connectivity index (χ2v) is 6.68. The largest absolute Gasteiger partial charge is 0.762 e. The summed E-state index contributed by atoms with van der Waals surface area (Å²) < 4.78 is 0. The number of hydrogen-bond acceptors (Lipinski definition) is 8. The first kappa shape index (κ1) is 18.3. The molecule has 0 bridgehead atoms. The highest BCUT2D eigenvalue weighted by Gasteiger charge is 2.03. The average molecular weight is 332 g/mol. The zero-order valence-electron chi connectivity index (χ0n) is 12.6. The molecule has 0 aliphatic rings. The Labute approximate surface area is 133 Å². The minimum Gasteiger partial charge on any atom is -0.762 e. The highest BCUT2D eigenvalue weighted by molar-refractivity contribution is 7.98. The number of thiazole rings is 1. The lowest BCUT2D eigenvalue weighted by Crippen LogP contribution is -2.34. The van der Waals surface area contributed by atoms with Crippen LogP contribution in [0.4, 0.5) is 0 Å². The Bertz CT molecular complexity index is 437. The maximum atomic E-state index is 10.5. The molecule has 0 saturated heterocycles. The van der Waals surface area contributed by atoms with Crippen LogP contribution in [0.3, 0.4) is 0 Å². The van der Waals surface area contributed by atoms with E-state index in [9.17, 15) is 5.21 Å². The van der Waals surface area contributed by atoms with Crippen LogP contribution in [0.5, 0.6) is 0 Å². The highest BCUT2D eigenvalue weighted by atomic mass is 32.2. The van der Waals surface area contributed by atoms with Gasteiger partial charge in [-0.2, -0.15) is 11.8 Å². The lowest BCUT2D eigenvalue weighted by Gasteiger charge is -2.20. The normalized spacial score (nSPS) is 12.4. The maximum absolute atomic E-state index is 10.5. The molecular formula is C12H22N5O2S2-. The van der Waals surface area contributed by atoms with Crippen LogP contribution >= 0.6 is 23.1 Å². The fraction of sp³-hybridized carbons (Fsp3) is 0.667. The number of aromatic nitrogens is 1. The zero-order valence-corrected chi connectivity index (χ0v) is 14.2. The van der Waals surface area contributed by atoms with E-state index in [2.05, 4.69) is 25.6 Å². The molecule has 1 heterocycles. The molecule has 21 heavy (non-hydrogen) atoms. The molecule has 1 rings (SSSR count). The van der Waals surface area contributed by atoms with Gasteiger partial charge in [0, 0.05) is 37.0 Å². The van der Waals surface area contributed by atoms with E-state index < -0.39 is 0 Å². The van der Waals surface area contributed by atoms with Gasteiger partial charge in [0.2, 0.25) is 0 Å². The molecule has 120 valence electrons. The Kier molecular flexibility index (Phi) is 8.81. The van der Waals surface area contributed by atoms with Crippen molar-refractivity contribution in [1.29, 1.82) is 0 Å². The predicted octanol–water partition coefficient (Wildman–Crippen LogP) is 1.24. The van der Waals surface area contributed by atoms with Gasteiger partial charge in [0.1, 0.15) is 10.8 Å². The molecule has 0 fully saturated rings. The number of nitrogens with one attached hydrogen (secondary N) is 1. The summed E-state index contributed by atoms with van der Waals surface area (Å²) in [6, 6.07) is 0. The van der Waals surface area contributed by atoms with Crippen molar-refractivity contribution in [2.24, 2.45) is 4.99 Å². The predicted molar refractivity (Wildman–Crippen MR) is 88.9 cm³/mol. The molecule has 0 aromatic carbocycles. The van der Waals surface area contributed by atoms with E-state index in [0.29, 0.717) is 12.4 Å². The summed E-state index contributed by atoms with van der Waals surface area (Å²) in [6.45, 7) is 1.43. The number of hydrogen-bond donors (Lipinski definition) is 2. The van der Waals surface area contributed by atoms with Crippen molar-refractivity contribution in [1.82, 2.24) is 20.4 Å². The summed E-state index contributed by atoms with van der Waals surface area (Å²) in [7, 11) is 5.65. The standard InChI is InChI=1S/C12H22N5O2S2/c1-13-11(6-17(18)19)14-4-5-20-8-10-9-21-12(15-10)7-16(2)3/h9,18H,4-8H2,1-3H3,(H,13,14)/q-1. The van der Waals surface area contributed by atoms with Crippen molar-refractivity contribution in [3.05, 3.63) is 21.3 Å². The minimum atomic E-state index is -0.138. The van der Waals surface area contributed by atoms with E-state index in [1.807, 2.05) is 14.1 Å². The second-order valence-electron chi connectivity index (χ2n) is 4.63. The number of thioether (sulfide) groups is 1. The molecule has 0 spiro atoms. The molecule has 0 amide bonds. The number of amidine groups is 1. The molecule has 9 heteroatoms. The van der Waals surface area contributed by atoms with Gasteiger partial charge in [0.25, 0.3) is 0 Å². The summed E-state index contributed by atoms with van der Waals surface area (Å²) in [5.74, 6) is 2.23. The number of aliphatic imine (C=N–C) groups is 1. The zero-order chi connectivity index (χ0) is 15.7. The molecule has 0 atom stereocenters. The Morgan fingerprint density at radius 2 is 2.33 bits per heavy atom. The summed E-state index contributed by atoms with van der Waals surface area (Å²) in [5.41, 5.74) is 1.10. The van der Waals surface area contributed by atoms with Crippen LogP contribution in [0.2, 0.25) is 0 Å². The van der Waals surface area contributed by atoms with Gasteiger partial charge in [-0.3, -0.25) is 10.2 Å². The summed E-state index contributed by atoms with van der Waals surface area (Å²) >= 11 is 3.46. The maximum Gasteiger partial charge on any atom is 0.112 e. The summed E-state index contributed by atoms with van der Waals surface area (Å²) in [5, 5.41) is 25.2. The third kappa shape index (κ3) is 8.34. The monoisotopic (exact) mass is 332 g/mol. The molecule has 7 nitrogen and oxygen atoms in total. The SMILES string of the molecule is CN=C(CN([O-])O)NCCSCc1csc(CN(C)C)n1. The van der Waals surface area contributed by atoms with Crippen molar-refractivity contribution >= 4 is 28.9 Å². The fourth-order valence-electron chi connectivity index (χ4n) is 1.54. The van der Waals surface area contributed by atoms with Crippen LogP contribution in [-0.4, -0.2) is 66.1 Å². The second kappa shape index (κ2) is 10.1. The van der Waals surface area contributed by atoms with Crippen molar-refractivity contribution in [2.75, 3.05) is 40.0 Å². The van der Waals surface area contributed by atoms with E-state index >= 15 is 0 Å². The van der Waals surface area contributed by atoms with Gasteiger partial charge in [0.15, 0.2) is 0 Å². The van der Waals surface area contributed by atoms with Crippen LogP contribution in [0.25, 0.3) is 0 Å². The molecule has 1 aromatic heterocycles. The van der Waals surface area contributed by atoms with Gasteiger partial charge >= 0.3 is 0 Å². The third-order valence-electron chi connectivity index (χ3n) is 2.43.